The second-order valence-corrected chi connectivity index (χ2v) is 7.06. The summed E-state index contributed by atoms with van der Waals surface area (Å²) < 4.78 is 56.7. The zero-order valence-electron chi connectivity index (χ0n) is 16.2. The second-order valence-electron chi connectivity index (χ2n) is 7.06. The molecule has 1 aromatic rings. The first-order valence-electron chi connectivity index (χ1n) is 9.82. The molecule has 0 aliphatic heterocycles. The summed E-state index contributed by atoms with van der Waals surface area (Å²) in [5.74, 6) is -2.04. The van der Waals surface area contributed by atoms with Crippen LogP contribution in [0, 0.1) is 5.82 Å². The third kappa shape index (κ3) is 9.78. The van der Waals surface area contributed by atoms with Crippen molar-refractivity contribution in [3.05, 3.63) is 35.1 Å². The Labute approximate surface area is 159 Å². The Kier molecular flexibility index (Phi) is 10.4. The zero-order chi connectivity index (χ0) is 20.3. The van der Waals surface area contributed by atoms with Gasteiger partial charge >= 0.3 is 12.1 Å². The van der Waals surface area contributed by atoms with Crippen molar-refractivity contribution >= 4 is 5.97 Å². The van der Waals surface area contributed by atoms with Crippen molar-refractivity contribution in [2.45, 2.75) is 90.3 Å². The Balaban J connectivity index is 2.31. The molecule has 0 amide bonds. The Bertz CT molecular complexity index is 570. The van der Waals surface area contributed by atoms with Crippen LogP contribution in [0.25, 0.3) is 0 Å². The summed E-state index contributed by atoms with van der Waals surface area (Å²) in [5.41, 5.74) is -1.61. The quantitative estimate of drug-likeness (QED) is 0.212. The average molecular weight is 390 g/mol. The van der Waals surface area contributed by atoms with E-state index in [4.69, 9.17) is 4.74 Å². The summed E-state index contributed by atoms with van der Waals surface area (Å²) in [4.78, 5) is 12.0. The molecule has 6 heteroatoms. The SMILES string of the molecule is CCCCCCCCCCCC(C)OC(=O)c1cc(F)cc(C(F)(F)F)c1. The lowest BCUT2D eigenvalue weighted by Gasteiger charge is -2.14. The van der Waals surface area contributed by atoms with Crippen LogP contribution in [0.15, 0.2) is 18.2 Å². The molecule has 1 unspecified atom stereocenters. The lowest BCUT2D eigenvalue weighted by Crippen LogP contribution is -2.16. The van der Waals surface area contributed by atoms with Crippen LogP contribution in [0.2, 0.25) is 0 Å². The standard InChI is InChI=1S/C21H30F4O2/c1-3-4-5-6-7-8-9-10-11-12-16(2)27-20(26)17-13-18(21(23,24)25)15-19(22)14-17/h13-16H,3-12H2,1-2H3. The number of ether oxygens (including phenoxy) is 1. The summed E-state index contributed by atoms with van der Waals surface area (Å²) >= 11 is 0. The number of hydrogen-bond donors (Lipinski definition) is 0. The maximum Gasteiger partial charge on any atom is 0.416 e. The van der Waals surface area contributed by atoms with E-state index in [9.17, 15) is 22.4 Å². The van der Waals surface area contributed by atoms with Crippen LogP contribution in [0.3, 0.4) is 0 Å². The van der Waals surface area contributed by atoms with Gasteiger partial charge in [0.05, 0.1) is 17.2 Å². The predicted octanol–water partition coefficient (Wildman–Crippen LogP) is 7.31. The molecule has 0 saturated heterocycles. The van der Waals surface area contributed by atoms with Gasteiger partial charge in [0, 0.05) is 0 Å². The number of halogens is 4. The van der Waals surface area contributed by atoms with Gasteiger partial charge in [-0.3, -0.25) is 0 Å². The molecule has 0 heterocycles. The number of carbonyl (C=O) groups excluding carboxylic acids is 1. The first-order valence-corrected chi connectivity index (χ1v) is 9.82. The van der Waals surface area contributed by atoms with Gasteiger partial charge in [0.15, 0.2) is 0 Å². The van der Waals surface area contributed by atoms with Gasteiger partial charge in [0.2, 0.25) is 0 Å². The number of alkyl halides is 3. The van der Waals surface area contributed by atoms with Crippen LogP contribution in [-0.4, -0.2) is 12.1 Å². The fourth-order valence-corrected chi connectivity index (χ4v) is 2.92. The monoisotopic (exact) mass is 390 g/mol. The maximum absolute atomic E-state index is 13.4. The van der Waals surface area contributed by atoms with Crippen LogP contribution in [0.5, 0.6) is 0 Å². The van der Waals surface area contributed by atoms with Gasteiger partial charge in [-0.25, -0.2) is 9.18 Å². The van der Waals surface area contributed by atoms with E-state index in [-0.39, 0.29) is 0 Å². The largest absolute Gasteiger partial charge is 0.459 e. The first kappa shape index (κ1) is 23.4. The Morgan fingerprint density at radius 2 is 1.52 bits per heavy atom. The number of rotatable bonds is 12. The Hall–Kier alpha value is -1.59. The molecular formula is C21H30F4O2. The number of esters is 1. The van der Waals surface area contributed by atoms with Gasteiger partial charge in [-0.05, 0) is 38.0 Å². The van der Waals surface area contributed by atoms with E-state index in [2.05, 4.69) is 6.92 Å². The topological polar surface area (TPSA) is 26.3 Å². The molecular weight excluding hydrogens is 360 g/mol. The van der Waals surface area contributed by atoms with Gasteiger partial charge in [-0.2, -0.15) is 13.2 Å². The zero-order valence-corrected chi connectivity index (χ0v) is 16.2. The van der Waals surface area contributed by atoms with Gasteiger partial charge in [0.25, 0.3) is 0 Å². The lowest BCUT2D eigenvalue weighted by atomic mass is 10.1. The van der Waals surface area contributed by atoms with Crippen molar-refractivity contribution in [1.82, 2.24) is 0 Å². The molecule has 27 heavy (non-hydrogen) atoms. The molecule has 0 spiro atoms. The number of benzene rings is 1. The molecule has 0 saturated carbocycles. The number of unbranched alkanes of at least 4 members (excludes halogenated alkanes) is 8. The van der Waals surface area contributed by atoms with E-state index in [1.165, 1.54) is 38.5 Å². The third-order valence-electron chi connectivity index (χ3n) is 4.48. The molecule has 0 aliphatic carbocycles. The summed E-state index contributed by atoms with van der Waals surface area (Å²) in [7, 11) is 0. The van der Waals surface area contributed by atoms with Crippen LogP contribution < -0.4 is 0 Å². The van der Waals surface area contributed by atoms with Crippen LogP contribution in [0.1, 0.15) is 94.0 Å². The molecule has 0 bridgehead atoms. The molecule has 2 nitrogen and oxygen atoms in total. The predicted molar refractivity (Wildman–Crippen MR) is 98.1 cm³/mol. The van der Waals surface area contributed by atoms with Crippen molar-refractivity contribution in [2.24, 2.45) is 0 Å². The van der Waals surface area contributed by atoms with Gasteiger partial charge in [-0.1, -0.05) is 58.3 Å². The van der Waals surface area contributed by atoms with Gasteiger partial charge < -0.3 is 4.74 Å². The molecule has 1 rings (SSSR count). The van der Waals surface area contributed by atoms with Crippen molar-refractivity contribution in [3.63, 3.8) is 0 Å². The normalized spacial score (nSPS) is 12.8. The maximum atomic E-state index is 13.4. The minimum Gasteiger partial charge on any atom is -0.459 e. The van der Waals surface area contributed by atoms with E-state index >= 15 is 0 Å². The summed E-state index contributed by atoms with van der Waals surface area (Å²) in [6.07, 6.45) is 6.10. The number of hydrogen-bond acceptors (Lipinski definition) is 2. The summed E-state index contributed by atoms with van der Waals surface area (Å²) in [6.45, 7) is 3.89. The van der Waals surface area contributed by atoms with Gasteiger partial charge in [0.1, 0.15) is 5.82 Å². The molecule has 154 valence electrons. The highest BCUT2D eigenvalue weighted by Gasteiger charge is 2.32. The highest BCUT2D eigenvalue weighted by Crippen LogP contribution is 2.30. The van der Waals surface area contributed by atoms with E-state index in [1.54, 1.807) is 6.92 Å². The Morgan fingerprint density at radius 1 is 0.963 bits per heavy atom. The highest BCUT2D eigenvalue weighted by molar-refractivity contribution is 5.89. The molecule has 0 N–H and O–H groups in total. The van der Waals surface area contributed by atoms with E-state index < -0.39 is 35.2 Å². The smallest absolute Gasteiger partial charge is 0.416 e. The van der Waals surface area contributed by atoms with Crippen molar-refractivity contribution < 1.29 is 27.1 Å². The van der Waals surface area contributed by atoms with Crippen molar-refractivity contribution in [3.8, 4) is 0 Å². The molecule has 0 radical (unpaired) electrons. The number of carbonyl (C=O) groups is 1. The molecule has 1 aromatic carbocycles. The summed E-state index contributed by atoms with van der Waals surface area (Å²) in [5, 5.41) is 0. The van der Waals surface area contributed by atoms with Crippen molar-refractivity contribution in [1.29, 1.82) is 0 Å². The minimum atomic E-state index is -4.71. The fraction of sp³-hybridized carbons (Fsp3) is 0.667. The first-order chi connectivity index (χ1) is 12.7. The molecule has 0 aliphatic rings. The van der Waals surface area contributed by atoms with E-state index in [0.29, 0.717) is 18.6 Å². The minimum absolute atomic E-state index is 0.364. The molecule has 0 aromatic heterocycles. The van der Waals surface area contributed by atoms with E-state index in [1.807, 2.05) is 0 Å². The lowest BCUT2D eigenvalue weighted by molar-refractivity contribution is -0.137. The summed E-state index contributed by atoms with van der Waals surface area (Å²) in [6, 6.07) is 1.75. The highest BCUT2D eigenvalue weighted by atomic mass is 19.4. The average Bonchev–Trinajstić information content (AvgIpc) is 2.59. The van der Waals surface area contributed by atoms with Gasteiger partial charge in [-0.15, -0.1) is 0 Å². The second kappa shape index (κ2) is 12.0. The van der Waals surface area contributed by atoms with E-state index in [0.717, 1.165) is 25.3 Å². The Morgan fingerprint density at radius 3 is 2.07 bits per heavy atom. The van der Waals surface area contributed by atoms with Crippen LogP contribution >= 0.6 is 0 Å². The molecule has 0 fully saturated rings. The molecule has 1 atom stereocenters. The third-order valence-corrected chi connectivity index (χ3v) is 4.48. The van der Waals surface area contributed by atoms with Crippen LogP contribution in [-0.2, 0) is 10.9 Å². The van der Waals surface area contributed by atoms with Crippen LogP contribution in [0.4, 0.5) is 17.6 Å². The fourth-order valence-electron chi connectivity index (χ4n) is 2.92. The van der Waals surface area contributed by atoms with Crippen molar-refractivity contribution in [2.75, 3.05) is 0 Å².